The number of piperidine rings is 1. The number of anilines is 1. The lowest BCUT2D eigenvalue weighted by Crippen LogP contribution is -2.44. The van der Waals surface area contributed by atoms with Crippen molar-refractivity contribution in [3.05, 3.63) is 23.8 Å². The molecule has 0 saturated carbocycles. The SMILES string of the molecule is CC1CCC(C)N(S(=O)(=O)c2ccc(C(=O)O)cc2N)C1. The van der Waals surface area contributed by atoms with Crippen molar-refractivity contribution in [1.82, 2.24) is 4.31 Å². The highest BCUT2D eigenvalue weighted by atomic mass is 32.2. The normalized spacial score (nSPS) is 23.9. The van der Waals surface area contributed by atoms with Crippen LogP contribution in [0, 0.1) is 5.92 Å². The monoisotopic (exact) mass is 312 g/mol. The highest BCUT2D eigenvalue weighted by molar-refractivity contribution is 7.89. The number of hydrogen-bond donors (Lipinski definition) is 2. The molecular weight excluding hydrogens is 292 g/mol. The van der Waals surface area contributed by atoms with Crippen LogP contribution in [-0.4, -0.2) is 36.4 Å². The van der Waals surface area contributed by atoms with Gasteiger partial charge in [-0.15, -0.1) is 0 Å². The first-order valence-corrected chi connectivity index (χ1v) is 8.32. The molecule has 0 aromatic heterocycles. The van der Waals surface area contributed by atoms with E-state index >= 15 is 0 Å². The zero-order chi connectivity index (χ0) is 15.8. The van der Waals surface area contributed by atoms with Gasteiger partial charge in [-0.1, -0.05) is 6.92 Å². The Bertz CT molecular complexity index is 657. The summed E-state index contributed by atoms with van der Waals surface area (Å²) in [5.74, 6) is -0.832. The van der Waals surface area contributed by atoms with Crippen molar-refractivity contribution in [2.45, 2.75) is 37.6 Å². The third-order valence-electron chi connectivity index (χ3n) is 3.90. The molecule has 1 aromatic carbocycles. The number of rotatable bonds is 3. The maximum Gasteiger partial charge on any atom is 0.335 e. The van der Waals surface area contributed by atoms with Crippen molar-refractivity contribution in [3.63, 3.8) is 0 Å². The summed E-state index contributed by atoms with van der Waals surface area (Å²) in [6.07, 6.45) is 1.81. The summed E-state index contributed by atoms with van der Waals surface area (Å²) in [4.78, 5) is 10.9. The Kier molecular flexibility index (Phi) is 4.25. The molecule has 2 rings (SSSR count). The third-order valence-corrected chi connectivity index (χ3v) is 5.96. The van der Waals surface area contributed by atoms with Crippen LogP contribution in [0.4, 0.5) is 5.69 Å². The van der Waals surface area contributed by atoms with E-state index in [2.05, 4.69) is 0 Å². The Hall–Kier alpha value is -1.60. The van der Waals surface area contributed by atoms with E-state index in [0.29, 0.717) is 12.5 Å². The molecule has 7 heteroatoms. The van der Waals surface area contributed by atoms with Gasteiger partial charge in [0.1, 0.15) is 4.90 Å². The van der Waals surface area contributed by atoms with Crippen LogP contribution in [0.15, 0.2) is 23.1 Å². The van der Waals surface area contributed by atoms with Gasteiger partial charge in [-0.2, -0.15) is 4.31 Å². The van der Waals surface area contributed by atoms with Gasteiger partial charge in [0.15, 0.2) is 0 Å². The van der Waals surface area contributed by atoms with E-state index in [-0.39, 0.29) is 22.2 Å². The van der Waals surface area contributed by atoms with E-state index in [1.54, 1.807) is 0 Å². The molecule has 3 N–H and O–H groups in total. The second-order valence-corrected chi connectivity index (χ2v) is 7.52. The molecule has 0 amide bonds. The fraction of sp³-hybridized carbons (Fsp3) is 0.500. The average molecular weight is 312 g/mol. The quantitative estimate of drug-likeness (QED) is 0.828. The Balaban J connectivity index is 2.41. The van der Waals surface area contributed by atoms with Crippen molar-refractivity contribution in [3.8, 4) is 0 Å². The Morgan fingerprint density at radius 3 is 2.57 bits per heavy atom. The van der Waals surface area contributed by atoms with E-state index in [0.717, 1.165) is 12.8 Å². The lowest BCUT2D eigenvalue weighted by molar-refractivity contribution is 0.0697. The van der Waals surface area contributed by atoms with Gasteiger partial charge >= 0.3 is 5.97 Å². The molecule has 1 fully saturated rings. The molecule has 116 valence electrons. The molecule has 0 spiro atoms. The summed E-state index contributed by atoms with van der Waals surface area (Å²) in [6.45, 7) is 4.36. The van der Waals surface area contributed by atoms with Crippen molar-refractivity contribution >= 4 is 21.7 Å². The highest BCUT2D eigenvalue weighted by Crippen LogP contribution is 2.30. The maximum atomic E-state index is 12.7. The minimum Gasteiger partial charge on any atom is -0.478 e. The minimum atomic E-state index is -3.70. The number of nitrogen functional groups attached to an aromatic ring is 1. The van der Waals surface area contributed by atoms with Crippen LogP contribution in [-0.2, 0) is 10.0 Å². The van der Waals surface area contributed by atoms with Crippen LogP contribution in [0.3, 0.4) is 0 Å². The van der Waals surface area contributed by atoms with E-state index in [9.17, 15) is 13.2 Å². The number of nitrogens with two attached hydrogens (primary N) is 1. The standard InChI is InChI=1S/C14H20N2O4S/c1-9-3-4-10(2)16(8-9)21(19,20)13-6-5-11(14(17)18)7-12(13)15/h5-7,9-10H,3-4,8,15H2,1-2H3,(H,17,18). The van der Waals surface area contributed by atoms with Crippen LogP contribution < -0.4 is 5.73 Å². The van der Waals surface area contributed by atoms with Crippen LogP contribution in [0.1, 0.15) is 37.0 Å². The Morgan fingerprint density at radius 2 is 2.00 bits per heavy atom. The summed E-state index contributed by atoms with van der Waals surface area (Å²) in [5, 5.41) is 8.91. The van der Waals surface area contributed by atoms with Gasteiger partial charge in [0.2, 0.25) is 10.0 Å². The van der Waals surface area contributed by atoms with Crippen LogP contribution in [0.5, 0.6) is 0 Å². The number of carbonyl (C=O) groups is 1. The van der Waals surface area contributed by atoms with Crippen LogP contribution >= 0.6 is 0 Å². The zero-order valence-electron chi connectivity index (χ0n) is 12.1. The molecule has 6 nitrogen and oxygen atoms in total. The largest absolute Gasteiger partial charge is 0.478 e. The molecule has 1 aromatic rings. The molecule has 1 saturated heterocycles. The summed E-state index contributed by atoms with van der Waals surface area (Å²) in [7, 11) is -3.70. The van der Waals surface area contributed by atoms with Crippen molar-refractivity contribution in [2.75, 3.05) is 12.3 Å². The van der Waals surface area contributed by atoms with Gasteiger partial charge in [-0.3, -0.25) is 0 Å². The van der Waals surface area contributed by atoms with E-state index < -0.39 is 16.0 Å². The first kappa shape index (κ1) is 15.8. The van der Waals surface area contributed by atoms with Crippen LogP contribution in [0.2, 0.25) is 0 Å². The van der Waals surface area contributed by atoms with Gasteiger partial charge < -0.3 is 10.8 Å². The lowest BCUT2D eigenvalue weighted by atomic mass is 9.97. The molecule has 0 radical (unpaired) electrons. The second kappa shape index (κ2) is 5.65. The number of carboxylic acids is 1. The number of hydrogen-bond acceptors (Lipinski definition) is 4. The molecular formula is C14H20N2O4S. The van der Waals surface area contributed by atoms with E-state index in [4.69, 9.17) is 10.8 Å². The molecule has 1 aliphatic heterocycles. The number of benzene rings is 1. The Morgan fingerprint density at radius 1 is 1.33 bits per heavy atom. The molecule has 2 unspecified atom stereocenters. The predicted molar refractivity (Wildman–Crippen MR) is 79.6 cm³/mol. The van der Waals surface area contributed by atoms with E-state index in [1.807, 2.05) is 13.8 Å². The average Bonchev–Trinajstić information content (AvgIpc) is 2.40. The van der Waals surface area contributed by atoms with Gasteiger partial charge in [0.25, 0.3) is 0 Å². The topological polar surface area (TPSA) is 101 Å². The molecule has 0 aliphatic carbocycles. The zero-order valence-corrected chi connectivity index (χ0v) is 12.9. The van der Waals surface area contributed by atoms with Gasteiger partial charge in [-0.05, 0) is 43.9 Å². The summed E-state index contributed by atoms with van der Waals surface area (Å²) < 4.78 is 27.0. The number of aromatic carboxylic acids is 1. The molecule has 1 heterocycles. The highest BCUT2D eigenvalue weighted by Gasteiger charge is 2.34. The summed E-state index contributed by atoms with van der Waals surface area (Å²) in [5.41, 5.74) is 5.71. The molecule has 2 atom stereocenters. The number of nitrogens with zero attached hydrogens (tertiary/aromatic N) is 1. The smallest absolute Gasteiger partial charge is 0.335 e. The first-order valence-electron chi connectivity index (χ1n) is 6.88. The van der Waals surface area contributed by atoms with Gasteiger partial charge in [-0.25, -0.2) is 13.2 Å². The van der Waals surface area contributed by atoms with Gasteiger partial charge in [0, 0.05) is 12.6 Å². The Labute approximate surface area is 124 Å². The fourth-order valence-electron chi connectivity index (χ4n) is 2.63. The minimum absolute atomic E-state index is 0.0200. The van der Waals surface area contributed by atoms with Crippen LogP contribution in [0.25, 0.3) is 0 Å². The molecule has 1 aliphatic rings. The van der Waals surface area contributed by atoms with Crippen molar-refractivity contribution in [2.24, 2.45) is 5.92 Å². The second-order valence-electron chi connectivity index (χ2n) is 5.66. The number of carboxylic acid groups (broad SMARTS) is 1. The molecule has 21 heavy (non-hydrogen) atoms. The van der Waals surface area contributed by atoms with E-state index in [1.165, 1.54) is 22.5 Å². The van der Waals surface area contributed by atoms with Crippen molar-refractivity contribution < 1.29 is 18.3 Å². The maximum absolute atomic E-state index is 12.7. The third kappa shape index (κ3) is 3.03. The lowest BCUT2D eigenvalue weighted by Gasteiger charge is -2.35. The van der Waals surface area contributed by atoms with Gasteiger partial charge in [0.05, 0.1) is 11.3 Å². The summed E-state index contributed by atoms with van der Waals surface area (Å²) >= 11 is 0. The predicted octanol–water partition coefficient (Wildman–Crippen LogP) is 1.78. The number of sulfonamides is 1. The first-order chi connectivity index (χ1) is 9.73. The fourth-order valence-corrected chi connectivity index (χ4v) is 4.51. The summed E-state index contributed by atoms with van der Waals surface area (Å²) in [6, 6.07) is 3.65. The molecule has 0 bridgehead atoms. The van der Waals surface area contributed by atoms with Crippen molar-refractivity contribution in [1.29, 1.82) is 0 Å².